The molecule has 0 aliphatic heterocycles. The Morgan fingerprint density at radius 1 is 0.700 bits per heavy atom. The first-order valence-electron chi connectivity index (χ1n) is 1.28. The summed E-state index contributed by atoms with van der Waals surface area (Å²) < 4.78 is 4.88. The third kappa shape index (κ3) is 806. The zero-order chi connectivity index (χ0) is 8.12. The number of rotatable bonds is 0. The molecule has 1 radical (unpaired) electrons. The predicted octanol–water partition coefficient (Wildman–Crippen LogP) is -1.11. The summed E-state index contributed by atoms with van der Waals surface area (Å²) in [7, 11) is 0. The van der Waals surface area contributed by atoms with Gasteiger partial charge in [0.15, 0.2) is 0 Å². The Bertz CT molecular complexity index is 111. The van der Waals surface area contributed by atoms with Gasteiger partial charge in [-0.2, -0.15) is 0 Å². The van der Waals surface area contributed by atoms with E-state index in [-0.39, 0.29) is 17.1 Å². The SMILES string of the molecule is [Fe+3].[N-]=C=[Se].[N-]=C=[Se].[N-]=C=[Se]. The van der Waals surface area contributed by atoms with Gasteiger partial charge in [-0.3, -0.25) is 0 Å². The molecule has 53 valence electrons. The van der Waals surface area contributed by atoms with Crippen LogP contribution in [0.25, 0.3) is 16.2 Å². The molecule has 0 aliphatic rings. The molecule has 0 fully saturated rings. The van der Waals surface area contributed by atoms with Crippen molar-refractivity contribution in [1.82, 2.24) is 0 Å². The van der Waals surface area contributed by atoms with Crippen LogP contribution in [0.2, 0.25) is 0 Å². The first-order valence-corrected chi connectivity index (χ1v) is 3.85. The van der Waals surface area contributed by atoms with Gasteiger partial charge in [-0.1, -0.05) is 0 Å². The molecule has 3 nitrogen and oxygen atoms in total. The van der Waals surface area contributed by atoms with Crippen molar-refractivity contribution in [1.29, 1.82) is 0 Å². The molecule has 0 aliphatic carbocycles. The van der Waals surface area contributed by atoms with Crippen molar-refractivity contribution < 1.29 is 17.1 Å². The molecule has 0 amide bonds. The first-order chi connectivity index (χ1) is 4.24. The minimum atomic E-state index is 0. The molecule has 0 spiro atoms. The van der Waals surface area contributed by atoms with E-state index in [0.29, 0.717) is 0 Å². The molecule has 0 rings (SSSR count). The molecular weight excluding hydrogens is 371 g/mol. The van der Waals surface area contributed by atoms with Crippen LogP contribution >= 0.6 is 0 Å². The van der Waals surface area contributed by atoms with Gasteiger partial charge in [0.05, 0.1) is 0 Å². The molecule has 0 unspecified atom stereocenters. The fourth-order valence-corrected chi connectivity index (χ4v) is 0. The Kier molecular flexibility index (Phi) is 117. The number of nitrogens with zero attached hydrogens (tertiary/aromatic N) is 3. The van der Waals surface area contributed by atoms with Crippen LogP contribution in [0.1, 0.15) is 0 Å². The Morgan fingerprint density at radius 2 is 0.700 bits per heavy atom. The Hall–Kier alpha value is 0.818. The second-order valence-corrected chi connectivity index (χ2v) is 1.42. The second kappa shape index (κ2) is 52.4. The van der Waals surface area contributed by atoms with E-state index in [9.17, 15) is 0 Å². The Morgan fingerprint density at radius 3 is 0.700 bits per heavy atom. The van der Waals surface area contributed by atoms with Crippen molar-refractivity contribution in [3.63, 3.8) is 0 Å². The summed E-state index contributed by atoms with van der Waals surface area (Å²) >= 11 is 6.33. The minimum absolute atomic E-state index is 0. The molecule has 0 N–H and O–H groups in total. The van der Waals surface area contributed by atoms with Crippen LogP contribution in [0.15, 0.2) is 0 Å². The quantitative estimate of drug-likeness (QED) is 0.383. The standard InChI is InChI=1S/3CNSe.Fe/c3*2-1-3;/q3*-1;+3. The molecule has 0 saturated carbocycles. The van der Waals surface area contributed by atoms with E-state index < -0.39 is 0 Å². The van der Waals surface area contributed by atoms with Crippen LogP contribution in [0.3, 0.4) is 0 Å². The fraction of sp³-hybridized carbons (Fsp3) is 0. The molecule has 0 bridgehead atoms. The second-order valence-electron chi connectivity index (χ2n) is 0.274. The van der Waals surface area contributed by atoms with Gasteiger partial charge in [0.1, 0.15) is 0 Å². The summed E-state index contributed by atoms with van der Waals surface area (Å²) in [5, 5.41) is 21.8. The van der Waals surface area contributed by atoms with E-state index in [2.05, 4.69) is 46.7 Å². The van der Waals surface area contributed by atoms with Crippen molar-refractivity contribution >= 4 is 60.9 Å². The maximum atomic E-state index is 7.26. The summed E-state index contributed by atoms with van der Waals surface area (Å²) in [4.78, 5) is 0. The average Bonchev–Trinajstić information content (AvgIpc) is 1.70. The zero-order valence-electron chi connectivity index (χ0n) is 4.42. The van der Waals surface area contributed by atoms with E-state index in [4.69, 9.17) is 16.2 Å². The molecule has 0 atom stereocenters. The van der Waals surface area contributed by atoms with E-state index in [1.165, 1.54) is 0 Å². The van der Waals surface area contributed by atoms with Gasteiger partial charge in [-0.05, 0) is 0 Å². The van der Waals surface area contributed by atoms with Gasteiger partial charge >= 0.3 is 94.2 Å². The monoisotopic (exact) mass is 374 g/mol. The summed E-state index contributed by atoms with van der Waals surface area (Å²) in [6.45, 7) is 0. The summed E-state index contributed by atoms with van der Waals surface area (Å²) in [6, 6.07) is 0. The van der Waals surface area contributed by atoms with Crippen molar-refractivity contribution in [3.8, 4) is 0 Å². The van der Waals surface area contributed by atoms with E-state index in [1.54, 1.807) is 14.1 Å². The van der Waals surface area contributed by atoms with Crippen LogP contribution in [0, 0.1) is 0 Å². The van der Waals surface area contributed by atoms with Crippen LogP contribution in [0.5, 0.6) is 0 Å². The molecule has 0 aromatic rings. The van der Waals surface area contributed by atoms with Gasteiger partial charge in [-0.25, -0.2) is 0 Å². The molecular formula is C3FeN3Se3. The third-order valence-electron chi connectivity index (χ3n) is 0. The molecule has 0 heterocycles. The summed E-state index contributed by atoms with van der Waals surface area (Å²) in [6.07, 6.45) is 0. The molecule has 10 heavy (non-hydrogen) atoms. The van der Waals surface area contributed by atoms with Gasteiger partial charge < -0.3 is 0 Å². The number of hydrogen-bond donors (Lipinski definition) is 0. The fourth-order valence-electron chi connectivity index (χ4n) is 0. The van der Waals surface area contributed by atoms with Gasteiger partial charge in [0.25, 0.3) is 0 Å². The van der Waals surface area contributed by atoms with E-state index >= 15 is 0 Å². The van der Waals surface area contributed by atoms with Gasteiger partial charge in [0, 0.05) is 0 Å². The van der Waals surface area contributed by atoms with Crippen molar-refractivity contribution in [2.75, 3.05) is 0 Å². The zero-order valence-corrected chi connectivity index (χ0v) is 10.7. The van der Waals surface area contributed by atoms with Crippen LogP contribution in [-0.4, -0.2) is 60.9 Å². The van der Waals surface area contributed by atoms with Crippen molar-refractivity contribution in [2.24, 2.45) is 0 Å². The Balaban J connectivity index is -0.0000000257. The molecule has 7 heteroatoms. The van der Waals surface area contributed by atoms with Crippen molar-refractivity contribution in [2.45, 2.75) is 0 Å². The molecule has 0 saturated heterocycles. The van der Waals surface area contributed by atoms with Crippen LogP contribution in [-0.2, 0) is 17.1 Å². The van der Waals surface area contributed by atoms with Crippen LogP contribution < -0.4 is 0 Å². The predicted molar refractivity (Wildman–Crippen MR) is 42.4 cm³/mol. The van der Waals surface area contributed by atoms with E-state index in [1.807, 2.05) is 0 Å². The summed E-state index contributed by atoms with van der Waals surface area (Å²) in [5.41, 5.74) is 0. The first kappa shape index (κ1) is 22.4. The Labute approximate surface area is 93.4 Å². The van der Waals surface area contributed by atoms with Gasteiger partial charge in [-0.15, -0.1) is 0 Å². The average molecular weight is 371 g/mol. The summed E-state index contributed by atoms with van der Waals surface area (Å²) in [5.74, 6) is 0. The molecule has 0 aromatic heterocycles. The number of hydrogen-bond acceptors (Lipinski definition) is 0. The molecule has 0 aromatic carbocycles. The maximum absolute atomic E-state index is 7.26. The normalized spacial score (nSPS) is 2.40. The topological polar surface area (TPSA) is 66.9 Å². The van der Waals surface area contributed by atoms with Crippen LogP contribution in [0.4, 0.5) is 0 Å². The third-order valence-corrected chi connectivity index (χ3v) is 0. The van der Waals surface area contributed by atoms with Crippen molar-refractivity contribution in [3.05, 3.63) is 16.2 Å². The van der Waals surface area contributed by atoms with Gasteiger partial charge in [0.2, 0.25) is 0 Å². The van der Waals surface area contributed by atoms with E-state index in [0.717, 1.165) is 0 Å².